The Morgan fingerprint density at radius 3 is 2.41 bits per heavy atom. The van der Waals surface area contributed by atoms with Crippen LogP contribution < -0.4 is 5.32 Å². The number of esters is 1. The fraction of sp³-hybridized carbons (Fsp3) is 0.423. The molecule has 0 heterocycles. The second-order valence-electron chi connectivity index (χ2n) is 9.44. The summed E-state index contributed by atoms with van der Waals surface area (Å²) >= 11 is 0. The molecule has 6 heteroatoms. The van der Waals surface area contributed by atoms with Gasteiger partial charge in [0.05, 0.1) is 0 Å². The molecule has 0 fully saturated rings. The number of carbonyl (C=O) groups excluding carboxylic acids is 3. The van der Waals surface area contributed by atoms with E-state index in [-0.39, 0.29) is 29.8 Å². The van der Waals surface area contributed by atoms with Crippen LogP contribution in [0.15, 0.2) is 42.5 Å². The number of ketones is 1. The van der Waals surface area contributed by atoms with Gasteiger partial charge in [0.1, 0.15) is 17.4 Å². The van der Waals surface area contributed by atoms with Crippen LogP contribution in [0.1, 0.15) is 61.2 Å². The number of ether oxygens (including phenoxy) is 1. The molecular formula is C26H31NO5. The van der Waals surface area contributed by atoms with Gasteiger partial charge >= 0.3 is 5.97 Å². The standard InChI is InChI=1S/C26H31NO5/c1-16(28)18-7-5-17(6-8-18)13-23(25(31)32-26(2,3)4)27-24(30)21-10-9-20-15-22(29)12-11-19(20)14-21/h5-8,11-12,15,21,23,29H,9-10,13-14H2,1-4H3,(H,27,30)/t21?,23-/m0/s1. The van der Waals surface area contributed by atoms with Crippen LogP contribution in [0.25, 0.3) is 0 Å². The fourth-order valence-electron chi connectivity index (χ4n) is 3.93. The summed E-state index contributed by atoms with van der Waals surface area (Å²) in [6.45, 7) is 6.87. The maximum atomic E-state index is 13.1. The topological polar surface area (TPSA) is 92.7 Å². The molecule has 3 rings (SSSR count). The largest absolute Gasteiger partial charge is 0.508 e. The molecule has 32 heavy (non-hydrogen) atoms. The number of hydrogen-bond donors (Lipinski definition) is 2. The van der Waals surface area contributed by atoms with E-state index in [1.807, 2.05) is 6.07 Å². The Labute approximate surface area is 189 Å². The Hall–Kier alpha value is -3.15. The van der Waals surface area contributed by atoms with Gasteiger partial charge in [-0.05, 0) is 75.8 Å². The molecule has 0 aliphatic heterocycles. The summed E-state index contributed by atoms with van der Waals surface area (Å²) in [5, 5.41) is 12.6. The number of nitrogens with one attached hydrogen (secondary N) is 1. The first-order valence-electron chi connectivity index (χ1n) is 11.0. The first kappa shape index (κ1) is 23.5. The van der Waals surface area contributed by atoms with Crippen LogP contribution in [0.4, 0.5) is 0 Å². The van der Waals surface area contributed by atoms with Crippen LogP contribution in [-0.2, 0) is 33.6 Å². The molecule has 2 aromatic rings. The van der Waals surface area contributed by atoms with Gasteiger partial charge in [-0.3, -0.25) is 9.59 Å². The highest BCUT2D eigenvalue weighted by Crippen LogP contribution is 2.28. The summed E-state index contributed by atoms with van der Waals surface area (Å²) in [4.78, 5) is 37.5. The van der Waals surface area contributed by atoms with Gasteiger partial charge in [0, 0.05) is 17.9 Å². The van der Waals surface area contributed by atoms with E-state index in [2.05, 4.69) is 5.32 Å². The highest BCUT2D eigenvalue weighted by atomic mass is 16.6. The average molecular weight is 438 g/mol. The number of rotatable bonds is 6. The minimum Gasteiger partial charge on any atom is -0.508 e. The number of hydrogen-bond acceptors (Lipinski definition) is 5. The van der Waals surface area contributed by atoms with E-state index in [0.29, 0.717) is 24.8 Å². The van der Waals surface area contributed by atoms with E-state index in [1.165, 1.54) is 6.92 Å². The van der Waals surface area contributed by atoms with E-state index in [1.54, 1.807) is 57.2 Å². The van der Waals surface area contributed by atoms with Crippen molar-refractivity contribution in [2.24, 2.45) is 5.92 Å². The zero-order valence-corrected chi connectivity index (χ0v) is 19.1. The van der Waals surface area contributed by atoms with Crippen LogP contribution in [-0.4, -0.2) is 34.4 Å². The molecular weight excluding hydrogens is 406 g/mol. The van der Waals surface area contributed by atoms with Crippen molar-refractivity contribution >= 4 is 17.7 Å². The van der Waals surface area contributed by atoms with Gasteiger partial charge in [0.25, 0.3) is 0 Å². The number of Topliss-reactive ketones (excluding diaryl/α,β-unsaturated/α-hetero) is 1. The van der Waals surface area contributed by atoms with Crippen LogP contribution in [0.2, 0.25) is 0 Å². The number of fused-ring (bicyclic) bond motifs is 1. The van der Waals surface area contributed by atoms with Crippen molar-refractivity contribution in [2.75, 3.05) is 0 Å². The minimum atomic E-state index is -0.828. The van der Waals surface area contributed by atoms with Crippen LogP contribution in [0, 0.1) is 5.92 Å². The summed E-state index contributed by atoms with van der Waals surface area (Å²) < 4.78 is 5.56. The Bertz CT molecular complexity index is 1000. The second kappa shape index (κ2) is 9.55. The maximum Gasteiger partial charge on any atom is 0.329 e. The molecule has 0 aromatic heterocycles. The first-order chi connectivity index (χ1) is 15.0. The van der Waals surface area contributed by atoms with Crippen LogP contribution in [0.5, 0.6) is 5.75 Å². The number of phenolic OH excluding ortho intramolecular Hbond substituents is 1. The molecule has 2 atom stereocenters. The molecule has 6 nitrogen and oxygen atoms in total. The SMILES string of the molecule is CC(=O)c1ccc(C[C@H](NC(=O)C2CCc3cc(O)ccc3C2)C(=O)OC(C)(C)C)cc1. The van der Waals surface area contributed by atoms with Crippen molar-refractivity contribution in [3.05, 3.63) is 64.7 Å². The quantitative estimate of drug-likeness (QED) is 0.530. The predicted molar refractivity (Wildman–Crippen MR) is 122 cm³/mol. The molecule has 170 valence electrons. The summed E-state index contributed by atoms with van der Waals surface area (Å²) in [5.41, 5.74) is 2.85. The van der Waals surface area contributed by atoms with Crippen molar-refractivity contribution in [2.45, 2.75) is 65.0 Å². The van der Waals surface area contributed by atoms with Gasteiger partial charge in [-0.15, -0.1) is 0 Å². The van der Waals surface area contributed by atoms with Crippen molar-refractivity contribution in [1.29, 1.82) is 0 Å². The molecule has 2 N–H and O–H groups in total. The Kier molecular flexibility index (Phi) is 7.02. The molecule has 1 amide bonds. The van der Waals surface area contributed by atoms with E-state index < -0.39 is 17.6 Å². The average Bonchev–Trinajstić information content (AvgIpc) is 2.72. The first-order valence-corrected chi connectivity index (χ1v) is 11.0. The maximum absolute atomic E-state index is 13.1. The van der Waals surface area contributed by atoms with Crippen molar-refractivity contribution in [3.8, 4) is 5.75 Å². The lowest BCUT2D eigenvalue weighted by atomic mass is 9.83. The Morgan fingerprint density at radius 1 is 1.09 bits per heavy atom. The fourth-order valence-corrected chi connectivity index (χ4v) is 3.93. The normalized spacial score (nSPS) is 16.6. The van der Waals surface area contributed by atoms with E-state index in [9.17, 15) is 19.5 Å². The third-order valence-electron chi connectivity index (χ3n) is 5.60. The number of carbonyl (C=O) groups is 3. The number of aryl methyl sites for hydroxylation is 1. The molecule has 0 saturated carbocycles. The van der Waals surface area contributed by atoms with E-state index in [4.69, 9.17) is 4.74 Å². The lowest BCUT2D eigenvalue weighted by Gasteiger charge is -2.28. The van der Waals surface area contributed by atoms with Crippen molar-refractivity contribution in [1.82, 2.24) is 5.32 Å². The lowest BCUT2D eigenvalue weighted by Crippen LogP contribution is -2.48. The molecule has 1 aliphatic rings. The lowest BCUT2D eigenvalue weighted by molar-refractivity contribution is -0.158. The third kappa shape index (κ3) is 6.19. The Balaban J connectivity index is 1.74. The van der Waals surface area contributed by atoms with Gasteiger partial charge < -0.3 is 15.2 Å². The number of amides is 1. The number of phenols is 1. The highest BCUT2D eigenvalue weighted by Gasteiger charge is 2.31. The Morgan fingerprint density at radius 2 is 1.78 bits per heavy atom. The van der Waals surface area contributed by atoms with Gasteiger partial charge in [-0.25, -0.2) is 4.79 Å². The van der Waals surface area contributed by atoms with Gasteiger partial charge in [0.2, 0.25) is 5.91 Å². The summed E-state index contributed by atoms with van der Waals surface area (Å²) in [7, 11) is 0. The summed E-state index contributed by atoms with van der Waals surface area (Å²) in [6.07, 6.45) is 2.19. The van der Waals surface area contributed by atoms with E-state index in [0.717, 1.165) is 16.7 Å². The van der Waals surface area contributed by atoms with Crippen LogP contribution in [0.3, 0.4) is 0 Å². The van der Waals surface area contributed by atoms with Gasteiger partial charge in [0.15, 0.2) is 5.78 Å². The van der Waals surface area contributed by atoms with E-state index >= 15 is 0 Å². The molecule has 0 spiro atoms. The summed E-state index contributed by atoms with van der Waals surface area (Å²) in [5.74, 6) is -0.716. The van der Waals surface area contributed by atoms with Crippen molar-refractivity contribution in [3.63, 3.8) is 0 Å². The third-order valence-corrected chi connectivity index (χ3v) is 5.60. The van der Waals surface area contributed by atoms with Crippen LogP contribution >= 0.6 is 0 Å². The van der Waals surface area contributed by atoms with Crippen molar-refractivity contribution < 1.29 is 24.2 Å². The monoisotopic (exact) mass is 437 g/mol. The molecule has 0 saturated heterocycles. The highest BCUT2D eigenvalue weighted by molar-refractivity contribution is 5.94. The smallest absolute Gasteiger partial charge is 0.329 e. The predicted octanol–water partition coefficient (Wildman–Crippen LogP) is 3.77. The zero-order valence-electron chi connectivity index (χ0n) is 19.1. The summed E-state index contributed by atoms with van der Waals surface area (Å²) in [6, 6.07) is 11.4. The van der Waals surface area contributed by atoms with Gasteiger partial charge in [-0.2, -0.15) is 0 Å². The zero-order chi connectivity index (χ0) is 23.5. The molecule has 1 aliphatic carbocycles. The second-order valence-corrected chi connectivity index (χ2v) is 9.44. The molecule has 0 bridgehead atoms. The minimum absolute atomic E-state index is 0.0283. The van der Waals surface area contributed by atoms with Gasteiger partial charge in [-0.1, -0.05) is 30.3 Å². The molecule has 0 radical (unpaired) electrons. The molecule has 1 unspecified atom stereocenters. The number of benzene rings is 2. The molecule has 2 aromatic carbocycles. The number of aromatic hydroxyl groups is 1.